The quantitative estimate of drug-likeness (QED) is 0.879. The molecule has 1 atom stereocenters. The Morgan fingerprint density at radius 2 is 2.27 bits per heavy atom. The van der Waals surface area contributed by atoms with E-state index in [9.17, 15) is 4.79 Å². The van der Waals surface area contributed by atoms with E-state index < -0.39 is 0 Å². The fraction of sp³-hybridized carbons (Fsp3) is 0.611. The molecule has 1 saturated heterocycles. The SMILES string of the molecule is COc1cc(C2(C(=O)NCCC3CCCO3)CC2)ccc1C. The van der Waals surface area contributed by atoms with Gasteiger partial charge in [-0.2, -0.15) is 0 Å². The van der Waals surface area contributed by atoms with Gasteiger partial charge in [0.25, 0.3) is 0 Å². The normalized spacial score (nSPS) is 22.4. The first-order valence-corrected chi connectivity index (χ1v) is 8.21. The van der Waals surface area contributed by atoms with Crippen LogP contribution in [-0.2, 0) is 14.9 Å². The van der Waals surface area contributed by atoms with Crippen LogP contribution in [0, 0.1) is 6.92 Å². The first-order valence-electron chi connectivity index (χ1n) is 8.21. The highest BCUT2D eigenvalue weighted by atomic mass is 16.5. The van der Waals surface area contributed by atoms with Crippen LogP contribution in [0.25, 0.3) is 0 Å². The Labute approximate surface area is 132 Å². The van der Waals surface area contributed by atoms with Crippen molar-refractivity contribution in [3.63, 3.8) is 0 Å². The molecule has 4 heteroatoms. The summed E-state index contributed by atoms with van der Waals surface area (Å²) in [5, 5.41) is 3.10. The summed E-state index contributed by atoms with van der Waals surface area (Å²) in [5.74, 6) is 1.01. The van der Waals surface area contributed by atoms with Crippen LogP contribution in [0.4, 0.5) is 0 Å². The van der Waals surface area contributed by atoms with Crippen LogP contribution >= 0.6 is 0 Å². The van der Waals surface area contributed by atoms with Crippen LogP contribution in [0.15, 0.2) is 18.2 Å². The predicted octanol–water partition coefficient (Wildman–Crippen LogP) is 2.72. The third kappa shape index (κ3) is 2.98. The van der Waals surface area contributed by atoms with Crippen LogP contribution in [0.2, 0.25) is 0 Å². The zero-order chi connectivity index (χ0) is 15.6. The fourth-order valence-electron chi connectivity index (χ4n) is 3.28. The third-order valence-electron chi connectivity index (χ3n) is 4.92. The van der Waals surface area contributed by atoms with Crippen molar-refractivity contribution < 1.29 is 14.3 Å². The van der Waals surface area contributed by atoms with E-state index in [1.54, 1.807) is 7.11 Å². The highest BCUT2D eigenvalue weighted by Gasteiger charge is 2.51. The number of ether oxygens (including phenoxy) is 2. The Kier molecular flexibility index (Phi) is 4.39. The molecule has 0 bridgehead atoms. The molecule has 1 heterocycles. The maximum atomic E-state index is 12.6. The molecule has 1 aromatic carbocycles. The molecule has 2 fully saturated rings. The molecule has 3 rings (SSSR count). The molecule has 1 unspecified atom stereocenters. The minimum atomic E-state index is -0.336. The molecule has 1 N–H and O–H groups in total. The Hall–Kier alpha value is -1.55. The zero-order valence-electron chi connectivity index (χ0n) is 13.5. The molecule has 120 valence electrons. The Morgan fingerprint density at radius 1 is 1.45 bits per heavy atom. The number of methoxy groups -OCH3 is 1. The van der Waals surface area contributed by atoms with E-state index in [4.69, 9.17) is 9.47 Å². The van der Waals surface area contributed by atoms with Crippen LogP contribution < -0.4 is 10.1 Å². The number of benzene rings is 1. The first-order chi connectivity index (χ1) is 10.7. The highest BCUT2D eigenvalue weighted by Crippen LogP contribution is 2.49. The van der Waals surface area contributed by atoms with Crippen molar-refractivity contribution in [1.29, 1.82) is 0 Å². The number of hydrogen-bond acceptors (Lipinski definition) is 3. The minimum Gasteiger partial charge on any atom is -0.496 e. The van der Waals surface area contributed by atoms with Crippen molar-refractivity contribution >= 4 is 5.91 Å². The van der Waals surface area contributed by atoms with Gasteiger partial charge < -0.3 is 14.8 Å². The molecule has 1 amide bonds. The van der Waals surface area contributed by atoms with Gasteiger partial charge in [0.1, 0.15) is 5.75 Å². The van der Waals surface area contributed by atoms with Crippen molar-refractivity contribution in [3.8, 4) is 5.75 Å². The topological polar surface area (TPSA) is 47.6 Å². The molecule has 1 aliphatic heterocycles. The largest absolute Gasteiger partial charge is 0.496 e. The lowest BCUT2D eigenvalue weighted by Crippen LogP contribution is -2.36. The maximum absolute atomic E-state index is 12.6. The summed E-state index contributed by atoms with van der Waals surface area (Å²) >= 11 is 0. The summed E-state index contributed by atoms with van der Waals surface area (Å²) < 4.78 is 11.0. The third-order valence-corrected chi connectivity index (χ3v) is 4.92. The van der Waals surface area contributed by atoms with Crippen molar-refractivity contribution in [2.75, 3.05) is 20.3 Å². The van der Waals surface area contributed by atoms with Gasteiger partial charge in [0, 0.05) is 13.2 Å². The van der Waals surface area contributed by atoms with Crippen molar-refractivity contribution in [1.82, 2.24) is 5.32 Å². The number of carbonyl (C=O) groups excluding carboxylic acids is 1. The van der Waals surface area contributed by atoms with Gasteiger partial charge in [-0.05, 0) is 56.2 Å². The molecular weight excluding hydrogens is 278 g/mol. The van der Waals surface area contributed by atoms with E-state index in [0.717, 1.165) is 55.6 Å². The van der Waals surface area contributed by atoms with E-state index in [2.05, 4.69) is 11.4 Å². The van der Waals surface area contributed by atoms with Gasteiger partial charge in [0.2, 0.25) is 5.91 Å². The molecule has 22 heavy (non-hydrogen) atoms. The monoisotopic (exact) mass is 303 g/mol. The maximum Gasteiger partial charge on any atom is 0.230 e. The number of rotatable bonds is 6. The predicted molar refractivity (Wildman–Crippen MR) is 85.2 cm³/mol. The smallest absolute Gasteiger partial charge is 0.230 e. The molecule has 0 aromatic heterocycles. The first kappa shape index (κ1) is 15.3. The minimum absolute atomic E-state index is 0.149. The fourth-order valence-corrected chi connectivity index (χ4v) is 3.28. The summed E-state index contributed by atoms with van der Waals surface area (Å²) in [6, 6.07) is 6.11. The van der Waals surface area contributed by atoms with Gasteiger partial charge >= 0.3 is 0 Å². The number of nitrogens with one attached hydrogen (secondary N) is 1. The zero-order valence-corrected chi connectivity index (χ0v) is 13.5. The average molecular weight is 303 g/mol. The molecule has 1 aliphatic carbocycles. The summed E-state index contributed by atoms with van der Waals surface area (Å²) in [6.45, 7) is 3.59. The lowest BCUT2D eigenvalue weighted by molar-refractivity contribution is -0.123. The number of amides is 1. The molecular formula is C18H25NO3. The number of hydrogen-bond donors (Lipinski definition) is 1. The van der Waals surface area contributed by atoms with Gasteiger partial charge in [0.05, 0.1) is 18.6 Å². The van der Waals surface area contributed by atoms with Gasteiger partial charge in [-0.25, -0.2) is 0 Å². The Balaban J connectivity index is 1.61. The van der Waals surface area contributed by atoms with Crippen molar-refractivity contribution in [2.45, 2.75) is 50.5 Å². The lowest BCUT2D eigenvalue weighted by Gasteiger charge is -2.18. The van der Waals surface area contributed by atoms with E-state index in [1.807, 2.05) is 19.1 Å². The summed E-state index contributed by atoms with van der Waals surface area (Å²) in [7, 11) is 1.67. The van der Waals surface area contributed by atoms with E-state index >= 15 is 0 Å². The second-order valence-electron chi connectivity index (χ2n) is 6.45. The molecule has 1 aromatic rings. The standard InChI is InChI=1S/C18H25NO3/c1-13-5-6-14(12-16(13)21-2)18(8-9-18)17(20)19-10-7-15-4-3-11-22-15/h5-6,12,15H,3-4,7-11H2,1-2H3,(H,19,20). The van der Waals surface area contributed by atoms with E-state index in [-0.39, 0.29) is 11.3 Å². The molecule has 2 aliphatic rings. The van der Waals surface area contributed by atoms with Crippen molar-refractivity contribution in [3.05, 3.63) is 29.3 Å². The Morgan fingerprint density at radius 3 is 2.91 bits per heavy atom. The molecule has 0 spiro atoms. The number of aryl methyl sites for hydroxylation is 1. The van der Waals surface area contributed by atoms with Crippen LogP contribution in [0.5, 0.6) is 5.75 Å². The molecule has 0 radical (unpaired) electrons. The summed E-state index contributed by atoms with van der Waals surface area (Å²) in [6.07, 6.45) is 5.35. The highest BCUT2D eigenvalue weighted by molar-refractivity contribution is 5.91. The molecule has 1 saturated carbocycles. The average Bonchev–Trinajstić information content (AvgIpc) is 3.18. The van der Waals surface area contributed by atoms with Gasteiger partial charge in [0.15, 0.2) is 0 Å². The van der Waals surface area contributed by atoms with Crippen LogP contribution in [-0.4, -0.2) is 32.3 Å². The van der Waals surface area contributed by atoms with E-state index in [0.29, 0.717) is 12.6 Å². The second-order valence-corrected chi connectivity index (χ2v) is 6.45. The van der Waals surface area contributed by atoms with Gasteiger partial charge in [-0.1, -0.05) is 12.1 Å². The van der Waals surface area contributed by atoms with Crippen molar-refractivity contribution in [2.24, 2.45) is 0 Å². The Bertz CT molecular complexity index is 545. The summed E-state index contributed by atoms with van der Waals surface area (Å²) in [5.41, 5.74) is 1.84. The second kappa shape index (κ2) is 6.29. The van der Waals surface area contributed by atoms with Crippen LogP contribution in [0.1, 0.15) is 43.2 Å². The lowest BCUT2D eigenvalue weighted by atomic mass is 9.93. The van der Waals surface area contributed by atoms with Crippen LogP contribution in [0.3, 0.4) is 0 Å². The number of carbonyl (C=O) groups is 1. The van der Waals surface area contributed by atoms with E-state index in [1.165, 1.54) is 0 Å². The summed E-state index contributed by atoms with van der Waals surface area (Å²) in [4.78, 5) is 12.6. The molecule has 4 nitrogen and oxygen atoms in total. The van der Waals surface area contributed by atoms with Gasteiger partial charge in [-0.3, -0.25) is 4.79 Å². The van der Waals surface area contributed by atoms with Gasteiger partial charge in [-0.15, -0.1) is 0 Å².